The molecule has 0 aromatic heterocycles. The quantitative estimate of drug-likeness (QED) is 0.200. The summed E-state index contributed by atoms with van der Waals surface area (Å²) in [7, 11) is 0. The first kappa shape index (κ1) is 26.7. The lowest BCUT2D eigenvalue weighted by Gasteiger charge is -2.11. The molecule has 4 aromatic rings. The lowest BCUT2D eigenvalue weighted by atomic mass is 9.99. The smallest absolute Gasteiger partial charge is 0.416 e. The van der Waals surface area contributed by atoms with Gasteiger partial charge < -0.3 is 10.4 Å². The molecule has 0 saturated heterocycles. The number of hydrazone groups is 1. The fraction of sp³-hybridized carbons (Fsp3) is 0.107. The Kier molecular flexibility index (Phi) is 7.97. The molecule has 38 heavy (non-hydrogen) atoms. The van der Waals surface area contributed by atoms with E-state index < -0.39 is 17.6 Å². The van der Waals surface area contributed by atoms with Crippen molar-refractivity contribution in [3.8, 4) is 5.75 Å². The number of aromatic hydroxyl groups is 1. The fourth-order valence-electron chi connectivity index (χ4n) is 3.82. The Hall–Kier alpha value is -4.37. The number of nitrogens with zero attached hydrogens (tertiary/aromatic N) is 1. The van der Waals surface area contributed by atoms with Crippen molar-refractivity contribution < 1.29 is 27.9 Å². The van der Waals surface area contributed by atoms with E-state index in [4.69, 9.17) is 11.6 Å². The highest BCUT2D eigenvalue weighted by molar-refractivity contribution is 6.32. The predicted octanol–water partition coefficient (Wildman–Crippen LogP) is 5.95. The number of rotatable bonds is 7. The minimum atomic E-state index is -4.43. The first-order chi connectivity index (χ1) is 18.1. The molecule has 0 bridgehead atoms. The van der Waals surface area contributed by atoms with Crippen molar-refractivity contribution in [1.29, 1.82) is 0 Å². The molecule has 0 saturated carbocycles. The third-order valence-electron chi connectivity index (χ3n) is 5.74. The Morgan fingerprint density at radius 2 is 1.68 bits per heavy atom. The van der Waals surface area contributed by atoms with E-state index in [2.05, 4.69) is 15.8 Å². The summed E-state index contributed by atoms with van der Waals surface area (Å²) in [6, 6.07) is 19.5. The van der Waals surface area contributed by atoms with Gasteiger partial charge in [0.1, 0.15) is 5.75 Å². The van der Waals surface area contributed by atoms with Crippen molar-refractivity contribution >= 4 is 40.4 Å². The fourth-order valence-corrected chi connectivity index (χ4v) is 4.01. The Morgan fingerprint density at radius 1 is 0.921 bits per heavy atom. The number of carbonyl (C=O) groups excluding carboxylic acids is 2. The molecule has 0 unspecified atom stereocenters. The van der Waals surface area contributed by atoms with Gasteiger partial charge in [0.15, 0.2) is 0 Å². The normalized spacial score (nSPS) is 11.6. The third kappa shape index (κ3) is 6.30. The summed E-state index contributed by atoms with van der Waals surface area (Å²) >= 11 is 5.84. The van der Waals surface area contributed by atoms with Crippen molar-refractivity contribution in [2.45, 2.75) is 12.6 Å². The van der Waals surface area contributed by atoms with Gasteiger partial charge in [-0.1, -0.05) is 60.1 Å². The van der Waals surface area contributed by atoms with E-state index in [0.29, 0.717) is 27.5 Å². The van der Waals surface area contributed by atoms with E-state index in [1.165, 1.54) is 30.5 Å². The summed E-state index contributed by atoms with van der Waals surface area (Å²) in [5.74, 6) is -1.03. The van der Waals surface area contributed by atoms with Crippen LogP contribution in [0.3, 0.4) is 0 Å². The van der Waals surface area contributed by atoms with Gasteiger partial charge in [-0.05, 0) is 53.1 Å². The molecule has 4 aromatic carbocycles. The van der Waals surface area contributed by atoms with Gasteiger partial charge in [-0.3, -0.25) is 9.59 Å². The van der Waals surface area contributed by atoms with Crippen LogP contribution in [0.2, 0.25) is 5.02 Å². The maximum absolute atomic E-state index is 12.9. The average Bonchev–Trinajstić information content (AvgIpc) is 2.90. The summed E-state index contributed by atoms with van der Waals surface area (Å²) in [5, 5.41) is 17.6. The number of hydrogen-bond acceptors (Lipinski definition) is 4. The van der Waals surface area contributed by atoms with Crippen LogP contribution in [0.5, 0.6) is 5.75 Å². The van der Waals surface area contributed by atoms with Gasteiger partial charge in [0.2, 0.25) is 0 Å². The summed E-state index contributed by atoms with van der Waals surface area (Å²) in [4.78, 5) is 25.2. The topological polar surface area (TPSA) is 90.8 Å². The number of alkyl halides is 3. The number of phenols is 1. The molecule has 0 radical (unpaired) electrons. The Bertz CT molecular complexity index is 1540. The van der Waals surface area contributed by atoms with E-state index >= 15 is 0 Å². The first-order valence-corrected chi connectivity index (χ1v) is 11.8. The van der Waals surface area contributed by atoms with Gasteiger partial charge in [0.25, 0.3) is 11.8 Å². The zero-order chi connectivity index (χ0) is 27.3. The molecular formula is C28H21ClF3N3O3. The summed E-state index contributed by atoms with van der Waals surface area (Å²) < 4.78 is 38.8. The average molecular weight is 540 g/mol. The minimum absolute atomic E-state index is 0.0383. The van der Waals surface area contributed by atoms with Crippen LogP contribution >= 0.6 is 11.6 Å². The molecule has 2 amide bonds. The van der Waals surface area contributed by atoms with Crippen LogP contribution in [0.15, 0.2) is 84.0 Å². The highest BCUT2D eigenvalue weighted by Gasteiger charge is 2.30. The third-order valence-corrected chi connectivity index (χ3v) is 6.04. The maximum Gasteiger partial charge on any atom is 0.416 e. The van der Waals surface area contributed by atoms with E-state index in [-0.39, 0.29) is 35.2 Å². The number of amides is 2. The van der Waals surface area contributed by atoms with Crippen LogP contribution < -0.4 is 10.7 Å². The summed E-state index contributed by atoms with van der Waals surface area (Å²) in [6.07, 6.45) is -2.74. The van der Waals surface area contributed by atoms with Crippen LogP contribution in [-0.4, -0.2) is 29.7 Å². The Morgan fingerprint density at radius 3 is 2.42 bits per heavy atom. The SMILES string of the molecule is O=C(N/N=C/c1ccc(C(=O)NCCc2cccc(C(F)(F)F)c2)c2ccccc12)c1ccc(O)c(Cl)c1. The summed E-state index contributed by atoms with van der Waals surface area (Å²) in [5.41, 5.74) is 3.38. The van der Waals surface area contributed by atoms with Crippen LogP contribution in [0.1, 0.15) is 37.4 Å². The molecule has 3 N–H and O–H groups in total. The molecule has 0 spiro atoms. The molecule has 10 heteroatoms. The summed E-state index contributed by atoms with van der Waals surface area (Å²) in [6.45, 7) is 0.158. The van der Waals surface area contributed by atoms with Crippen molar-refractivity contribution in [2.75, 3.05) is 6.54 Å². The van der Waals surface area contributed by atoms with Gasteiger partial charge in [-0.2, -0.15) is 18.3 Å². The van der Waals surface area contributed by atoms with E-state index in [0.717, 1.165) is 12.1 Å². The number of halogens is 4. The Balaban J connectivity index is 1.44. The second-order valence-electron chi connectivity index (χ2n) is 8.32. The van der Waals surface area contributed by atoms with Crippen molar-refractivity contribution in [1.82, 2.24) is 10.7 Å². The molecule has 0 aliphatic heterocycles. The van der Waals surface area contributed by atoms with Crippen molar-refractivity contribution in [3.63, 3.8) is 0 Å². The molecule has 0 fully saturated rings. The highest BCUT2D eigenvalue weighted by atomic mass is 35.5. The van der Waals surface area contributed by atoms with E-state index in [9.17, 15) is 27.9 Å². The van der Waals surface area contributed by atoms with E-state index in [1.54, 1.807) is 42.5 Å². The predicted molar refractivity (Wildman–Crippen MR) is 140 cm³/mol. The molecule has 194 valence electrons. The number of benzene rings is 4. The lowest BCUT2D eigenvalue weighted by molar-refractivity contribution is -0.137. The van der Waals surface area contributed by atoms with Crippen LogP contribution in [-0.2, 0) is 12.6 Å². The molecule has 0 aliphatic rings. The molecule has 0 atom stereocenters. The Labute approximate surface area is 220 Å². The van der Waals surface area contributed by atoms with Crippen LogP contribution in [0.4, 0.5) is 13.2 Å². The monoisotopic (exact) mass is 539 g/mol. The van der Waals surface area contributed by atoms with Gasteiger partial charge in [-0.25, -0.2) is 5.43 Å². The van der Waals surface area contributed by atoms with Gasteiger partial charge >= 0.3 is 6.18 Å². The molecule has 0 aliphatic carbocycles. The van der Waals surface area contributed by atoms with Gasteiger partial charge in [0, 0.05) is 23.2 Å². The number of phenolic OH excluding ortho intramolecular Hbond substituents is 1. The zero-order valence-corrected chi connectivity index (χ0v) is 20.5. The highest BCUT2D eigenvalue weighted by Crippen LogP contribution is 2.29. The van der Waals surface area contributed by atoms with Gasteiger partial charge in [0.05, 0.1) is 16.8 Å². The number of fused-ring (bicyclic) bond motifs is 1. The second-order valence-corrected chi connectivity index (χ2v) is 8.72. The molecular weight excluding hydrogens is 519 g/mol. The van der Waals surface area contributed by atoms with Crippen LogP contribution in [0.25, 0.3) is 10.8 Å². The van der Waals surface area contributed by atoms with Gasteiger partial charge in [-0.15, -0.1) is 0 Å². The molecule has 6 nitrogen and oxygen atoms in total. The standard InChI is InChI=1S/C28H21ClF3N3O3/c29-24-15-18(9-11-25(24)36)26(37)35-34-16-19-8-10-23(22-7-2-1-6-21(19)22)27(38)33-13-12-17-4-3-5-20(14-17)28(30,31)32/h1-11,14-16,36H,12-13H2,(H,33,38)(H,35,37)/b34-16+. The number of nitrogens with one attached hydrogen (secondary N) is 2. The zero-order valence-electron chi connectivity index (χ0n) is 19.7. The van der Waals surface area contributed by atoms with Crippen molar-refractivity contribution in [3.05, 3.63) is 112 Å². The number of carbonyl (C=O) groups is 2. The lowest BCUT2D eigenvalue weighted by Crippen LogP contribution is -2.26. The molecule has 4 rings (SSSR count). The van der Waals surface area contributed by atoms with Crippen molar-refractivity contribution in [2.24, 2.45) is 5.10 Å². The van der Waals surface area contributed by atoms with Crippen LogP contribution in [0, 0.1) is 0 Å². The second kappa shape index (κ2) is 11.4. The van der Waals surface area contributed by atoms with E-state index in [1.807, 2.05) is 0 Å². The maximum atomic E-state index is 12.9. The first-order valence-electron chi connectivity index (χ1n) is 11.4. The minimum Gasteiger partial charge on any atom is -0.506 e. The largest absolute Gasteiger partial charge is 0.506 e. The number of hydrogen-bond donors (Lipinski definition) is 3. The molecule has 0 heterocycles.